The van der Waals surface area contributed by atoms with Gasteiger partial charge in [-0.15, -0.1) is 0 Å². The summed E-state index contributed by atoms with van der Waals surface area (Å²) in [4.78, 5) is 2.16. The van der Waals surface area contributed by atoms with Crippen molar-refractivity contribution in [1.82, 2.24) is 0 Å². The standard InChI is InChI=1S/C23H23ClN2O3S/c1-3-26(2)20-8-5-9-21-22(20)18-11-10-15(14-30(25,27)28)12-19(18)23(29-21)16-6-4-7-17(24)13-16/h4-13,23H,3,14H2,1-2H3,(H2,25,27,28). The smallest absolute Gasteiger partial charge is 0.213 e. The second kappa shape index (κ2) is 7.95. The van der Waals surface area contributed by atoms with Crippen molar-refractivity contribution >= 4 is 27.3 Å². The second-order valence-corrected chi connectivity index (χ2v) is 9.50. The highest BCUT2D eigenvalue weighted by Gasteiger charge is 2.30. The lowest BCUT2D eigenvalue weighted by atomic mass is 9.87. The van der Waals surface area contributed by atoms with E-state index < -0.39 is 16.1 Å². The van der Waals surface area contributed by atoms with Gasteiger partial charge in [-0.3, -0.25) is 0 Å². The van der Waals surface area contributed by atoms with Crippen molar-refractivity contribution in [2.75, 3.05) is 18.5 Å². The Morgan fingerprint density at radius 1 is 1.10 bits per heavy atom. The third kappa shape index (κ3) is 4.03. The highest BCUT2D eigenvalue weighted by atomic mass is 35.5. The number of primary sulfonamides is 1. The van der Waals surface area contributed by atoms with Gasteiger partial charge in [0, 0.05) is 35.4 Å². The van der Waals surface area contributed by atoms with E-state index in [9.17, 15) is 8.42 Å². The summed E-state index contributed by atoms with van der Waals surface area (Å²) in [6, 6.07) is 19.2. The normalized spacial score (nSPS) is 15.1. The topological polar surface area (TPSA) is 72.6 Å². The lowest BCUT2D eigenvalue weighted by Gasteiger charge is -2.33. The molecule has 1 atom stereocenters. The molecule has 0 bridgehead atoms. The quantitative estimate of drug-likeness (QED) is 0.619. The molecule has 0 radical (unpaired) electrons. The molecule has 3 aromatic carbocycles. The number of nitrogens with zero attached hydrogens (tertiary/aromatic N) is 1. The minimum absolute atomic E-state index is 0.230. The summed E-state index contributed by atoms with van der Waals surface area (Å²) in [6.45, 7) is 2.93. The first-order valence-corrected chi connectivity index (χ1v) is 11.8. The molecule has 0 saturated carbocycles. The largest absolute Gasteiger partial charge is 0.480 e. The molecule has 0 aliphatic carbocycles. The number of sulfonamides is 1. The van der Waals surface area contributed by atoms with Gasteiger partial charge in [-0.1, -0.05) is 48.0 Å². The van der Waals surface area contributed by atoms with Crippen molar-refractivity contribution in [3.8, 4) is 16.9 Å². The van der Waals surface area contributed by atoms with Crippen LogP contribution >= 0.6 is 11.6 Å². The van der Waals surface area contributed by atoms with E-state index in [0.717, 1.165) is 40.2 Å². The van der Waals surface area contributed by atoms with Crippen LogP contribution in [0.1, 0.15) is 29.7 Å². The fourth-order valence-electron chi connectivity index (χ4n) is 3.86. The number of ether oxygens (including phenoxy) is 1. The van der Waals surface area contributed by atoms with Gasteiger partial charge in [0.25, 0.3) is 0 Å². The third-order valence-electron chi connectivity index (χ3n) is 5.32. The van der Waals surface area contributed by atoms with Crippen molar-refractivity contribution in [3.63, 3.8) is 0 Å². The molecule has 1 unspecified atom stereocenters. The molecule has 4 rings (SSSR count). The maximum absolute atomic E-state index is 11.7. The van der Waals surface area contributed by atoms with Crippen LogP contribution in [0.15, 0.2) is 60.7 Å². The Balaban J connectivity index is 1.94. The van der Waals surface area contributed by atoms with Crippen molar-refractivity contribution in [3.05, 3.63) is 82.4 Å². The molecule has 30 heavy (non-hydrogen) atoms. The number of benzene rings is 3. The van der Waals surface area contributed by atoms with Gasteiger partial charge >= 0.3 is 0 Å². The number of halogens is 1. The van der Waals surface area contributed by atoms with Crippen LogP contribution in [0.4, 0.5) is 5.69 Å². The molecule has 2 N–H and O–H groups in total. The molecule has 0 aromatic heterocycles. The molecule has 1 aliphatic rings. The van der Waals surface area contributed by atoms with E-state index in [1.54, 1.807) is 0 Å². The van der Waals surface area contributed by atoms with Gasteiger partial charge in [0.1, 0.15) is 11.9 Å². The van der Waals surface area contributed by atoms with E-state index in [-0.39, 0.29) is 5.75 Å². The van der Waals surface area contributed by atoms with Gasteiger partial charge in [0.15, 0.2) is 0 Å². The van der Waals surface area contributed by atoms with Crippen LogP contribution in [0.2, 0.25) is 5.02 Å². The fraction of sp³-hybridized carbons (Fsp3) is 0.217. The second-order valence-electron chi connectivity index (χ2n) is 7.45. The Hall–Kier alpha value is -2.54. The first-order valence-electron chi connectivity index (χ1n) is 9.66. The molecule has 0 amide bonds. The molecular formula is C23H23ClN2O3S. The first kappa shape index (κ1) is 20.7. The van der Waals surface area contributed by atoms with Crippen LogP contribution in [0.25, 0.3) is 11.1 Å². The van der Waals surface area contributed by atoms with Crippen molar-refractivity contribution < 1.29 is 13.2 Å². The summed E-state index contributed by atoms with van der Waals surface area (Å²) in [5, 5.41) is 5.90. The van der Waals surface area contributed by atoms with E-state index in [2.05, 4.69) is 17.9 Å². The molecule has 156 valence electrons. The van der Waals surface area contributed by atoms with Crippen molar-refractivity contribution in [1.29, 1.82) is 0 Å². The zero-order chi connectivity index (χ0) is 21.5. The summed E-state index contributed by atoms with van der Waals surface area (Å²) >= 11 is 6.24. The minimum Gasteiger partial charge on any atom is -0.480 e. The molecule has 0 spiro atoms. The van der Waals surface area contributed by atoms with Gasteiger partial charge in [-0.25, -0.2) is 13.6 Å². The first-order chi connectivity index (χ1) is 14.3. The number of hydrogen-bond acceptors (Lipinski definition) is 4. The average Bonchev–Trinajstić information content (AvgIpc) is 2.70. The highest BCUT2D eigenvalue weighted by Crippen LogP contribution is 2.49. The number of hydrogen-bond donors (Lipinski definition) is 1. The van der Waals surface area contributed by atoms with Crippen LogP contribution in [0.5, 0.6) is 5.75 Å². The van der Waals surface area contributed by atoms with E-state index in [0.29, 0.717) is 10.6 Å². The number of rotatable bonds is 5. The molecule has 3 aromatic rings. The fourth-order valence-corrected chi connectivity index (χ4v) is 4.71. The SMILES string of the molecule is CCN(C)c1cccc2c1-c1ccc(CS(N)(=O)=O)cc1C(c1cccc(Cl)c1)O2. The molecule has 0 saturated heterocycles. The van der Waals surface area contributed by atoms with Crippen LogP contribution in [-0.2, 0) is 15.8 Å². The van der Waals surface area contributed by atoms with Gasteiger partial charge < -0.3 is 9.64 Å². The molecular weight excluding hydrogens is 420 g/mol. The van der Waals surface area contributed by atoms with Crippen LogP contribution in [0, 0.1) is 0 Å². The summed E-state index contributed by atoms with van der Waals surface area (Å²) in [6.07, 6.45) is -0.409. The Morgan fingerprint density at radius 3 is 2.57 bits per heavy atom. The zero-order valence-corrected chi connectivity index (χ0v) is 18.4. The highest BCUT2D eigenvalue weighted by molar-refractivity contribution is 7.88. The minimum atomic E-state index is -3.65. The van der Waals surface area contributed by atoms with Gasteiger partial charge in [0.05, 0.1) is 5.75 Å². The molecule has 5 nitrogen and oxygen atoms in total. The monoisotopic (exact) mass is 442 g/mol. The van der Waals surface area contributed by atoms with E-state index in [4.69, 9.17) is 21.5 Å². The maximum Gasteiger partial charge on any atom is 0.213 e. The Labute approximate surface area is 182 Å². The maximum atomic E-state index is 11.7. The average molecular weight is 443 g/mol. The van der Waals surface area contributed by atoms with Crippen LogP contribution in [-0.4, -0.2) is 22.0 Å². The lowest BCUT2D eigenvalue weighted by molar-refractivity contribution is 0.243. The van der Waals surface area contributed by atoms with Crippen molar-refractivity contribution in [2.45, 2.75) is 18.8 Å². The Kier molecular flexibility index (Phi) is 5.49. The number of anilines is 1. The zero-order valence-electron chi connectivity index (χ0n) is 16.8. The van der Waals surface area contributed by atoms with E-state index in [1.165, 1.54) is 0 Å². The summed E-state index contributed by atoms with van der Waals surface area (Å²) in [7, 11) is -1.61. The Morgan fingerprint density at radius 2 is 1.87 bits per heavy atom. The van der Waals surface area contributed by atoms with E-state index >= 15 is 0 Å². The molecule has 1 aliphatic heterocycles. The Bertz CT molecular complexity index is 1210. The molecule has 7 heteroatoms. The van der Waals surface area contributed by atoms with Crippen LogP contribution in [0.3, 0.4) is 0 Å². The van der Waals surface area contributed by atoms with E-state index in [1.807, 2.05) is 61.6 Å². The van der Waals surface area contributed by atoms with Gasteiger partial charge in [-0.05, 0) is 47.9 Å². The predicted molar refractivity (Wildman–Crippen MR) is 122 cm³/mol. The number of nitrogens with two attached hydrogens (primary N) is 1. The molecule has 0 fully saturated rings. The van der Waals surface area contributed by atoms with Crippen molar-refractivity contribution in [2.24, 2.45) is 5.14 Å². The van der Waals surface area contributed by atoms with Crippen LogP contribution < -0.4 is 14.8 Å². The molecule has 1 heterocycles. The van der Waals surface area contributed by atoms with Gasteiger partial charge in [0.2, 0.25) is 10.0 Å². The summed E-state index contributed by atoms with van der Waals surface area (Å²) in [5.74, 6) is 0.552. The third-order valence-corrected chi connectivity index (χ3v) is 6.29. The van der Waals surface area contributed by atoms with Gasteiger partial charge in [-0.2, -0.15) is 0 Å². The number of fused-ring (bicyclic) bond motifs is 3. The summed E-state index contributed by atoms with van der Waals surface area (Å²) < 4.78 is 29.8. The predicted octanol–water partition coefficient (Wildman–Crippen LogP) is 4.73. The summed E-state index contributed by atoms with van der Waals surface area (Å²) in [5.41, 5.74) is 5.48. The lowest BCUT2D eigenvalue weighted by Crippen LogP contribution is -2.21.